The molecule has 2 aromatic rings. The summed E-state index contributed by atoms with van der Waals surface area (Å²) >= 11 is 0. The van der Waals surface area contributed by atoms with Crippen molar-refractivity contribution >= 4 is 0 Å². The molecule has 0 unspecified atom stereocenters. The molecule has 0 heterocycles. The summed E-state index contributed by atoms with van der Waals surface area (Å²) in [5.41, 5.74) is 2.46. The third-order valence-corrected chi connectivity index (χ3v) is 3.53. The van der Waals surface area contributed by atoms with Gasteiger partial charge in [0.2, 0.25) is 0 Å². The molecule has 0 spiro atoms. The van der Waals surface area contributed by atoms with Crippen molar-refractivity contribution in [3.05, 3.63) is 59.7 Å². The molecule has 118 valence electrons. The zero-order chi connectivity index (χ0) is 15.8. The highest BCUT2D eigenvalue weighted by molar-refractivity contribution is 5.30. The molecule has 0 aliphatic rings. The molecule has 0 saturated carbocycles. The van der Waals surface area contributed by atoms with Crippen molar-refractivity contribution in [3.8, 4) is 11.5 Å². The van der Waals surface area contributed by atoms with E-state index in [2.05, 4.69) is 31.1 Å². The van der Waals surface area contributed by atoms with Crippen LogP contribution in [0.15, 0.2) is 48.5 Å². The second kappa shape index (κ2) is 8.44. The zero-order valence-electron chi connectivity index (χ0n) is 13.7. The molecule has 22 heavy (non-hydrogen) atoms. The summed E-state index contributed by atoms with van der Waals surface area (Å²) in [6.45, 7) is 1.67. The molecule has 3 heteroatoms. The number of nitrogens with zero attached hydrogens (tertiary/aromatic N) is 1. The number of methoxy groups -OCH3 is 1. The fourth-order valence-corrected chi connectivity index (χ4v) is 2.28. The summed E-state index contributed by atoms with van der Waals surface area (Å²) in [5, 5.41) is 0. The summed E-state index contributed by atoms with van der Waals surface area (Å²) in [6.07, 6.45) is 2.28. The van der Waals surface area contributed by atoms with Gasteiger partial charge in [0.15, 0.2) is 0 Å². The fraction of sp³-hybridized carbons (Fsp3) is 0.368. The van der Waals surface area contributed by atoms with Crippen LogP contribution in [0.5, 0.6) is 11.5 Å². The highest BCUT2D eigenvalue weighted by atomic mass is 16.5. The third-order valence-electron chi connectivity index (χ3n) is 3.53. The van der Waals surface area contributed by atoms with Gasteiger partial charge in [-0.3, -0.25) is 0 Å². The van der Waals surface area contributed by atoms with E-state index >= 15 is 0 Å². The van der Waals surface area contributed by atoms with Crippen LogP contribution >= 0.6 is 0 Å². The van der Waals surface area contributed by atoms with Gasteiger partial charge in [0, 0.05) is 0 Å². The SMILES string of the molecule is COc1cccc(COc2ccc(CCCN(C)C)cc2)c1. The summed E-state index contributed by atoms with van der Waals surface area (Å²) in [6, 6.07) is 16.3. The molecule has 0 aliphatic carbocycles. The van der Waals surface area contributed by atoms with Crippen molar-refractivity contribution < 1.29 is 9.47 Å². The van der Waals surface area contributed by atoms with Gasteiger partial charge in [-0.2, -0.15) is 0 Å². The number of hydrogen-bond donors (Lipinski definition) is 0. The average molecular weight is 299 g/mol. The van der Waals surface area contributed by atoms with Crippen molar-refractivity contribution in [2.75, 3.05) is 27.7 Å². The van der Waals surface area contributed by atoms with Gasteiger partial charge in [0.05, 0.1) is 7.11 Å². The molecular weight excluding hydrogens is 274 g/mol. The molecule has 0 aromatic heterocycles. The van der Waals surface area contributed by atoms with Crippen LogP contribution in [0.3, 0.4) is 0 Å². The number of ether oxygens (including phenoxy) is 2. The second-order valence-corrected chi connectivity index (χ2v) is 5.69. The standard InChI is InChI=1S/C19H25NO2/c1-20(2)13-5-7-16-9-11-18(12-10-16)22-15-17-6-4-8-19(14-17)21-3/h4,6,8-12,14H,5,7,13,15H2,1-3H3. The molecule has 0 radical (unpaired) electrons. The number of aryl methyl sites for hydroxylation is 1. The quantitative estimate of drug-likeness (QED) is 0.740. The lowest BCUT2D eigenvalue weighted by atomic mass is 10.1. The fourth-order valence-electron chi connectivity index (χ4n) is 2.28. The maximum Gasteiger partial charge on any atom is 0.119 e. The smallest absolute Gasteiger partial charge is 0.119 e. The van der Waals surface area contributed by atoms with Gasteiger partial charge in [0.25, 0.3) is 0 Å². The molecule has 0 saturated heterocycles. The first-order valence-electron chi connectivity index (χ1n) is 7.67. The number of rotatable bonds is 8. The van der Waals surface area contributed by atoms with Gasteiger partial charge in [0.1, 0.15) is 18.1 Å². The minimum Gasteiger partial charge on any atom is -0.497 e. The summed E-state index contributed by atoms with van der Waals surface area (Å²) in [7, 11) is 5.89. The minimum atomic E-state index is 0.553. The van der Waals surface area contributed by atoms with Gasteiger partial charge < -0.3 is 14.4 Å². The third kappa shape index (κ3) is 5.41. The van der Waals surface area contributed by atoms with E-state index in [1.54, 1.807) is 7.11 Å². The lowest BCUT2D eigenvalue weighted by molar-refractivity contribution is 0.305. The second-order valence-electron chi connectivity index (χ2n) is 5.69. The van der Waals surface area contributed by atoms with Crippen LogP contribution in [0.2, 0.25) is 0 Å². The van der Waals surface area contributed by atoms with E-state index in [4.69, 9.17) is 9.47 Å². The van der Waals surface area contributed by atoms with Crippen molar-refractivity contribution in [2.24, 2.45) is 0 Å². The number of hydrogen-bond acceptors (Lipinski definition) is 3. The van der Waals surface area contributed by atoms with E-state index in [0.29, 0.717) is 6.61 Å². The molecule has 3 nitrogen and oxygen atoms in total. The highest BCUT2D eigenvalue weighted by Gasteiger charge is 2.00. The van der Waals surface area contributed by atoms with E-state index in [0.717, 1.165) is 30.0 Å². The zero-order valence-corrected chi connectivity index (χ0v) is 13.7. The summed E-state index contributed by atoms with van der Waals surface area (Å²) in [4.78, 5) is 2.21. The number of benzene rings is 2. The van der Waals surface area contributed by atoms with Crippen LogP contribution in [0, 0.1) is 0 Å². The predicted octanol–water partition coefficient (Wildman–Crippen LogP) is 3.77. The van der Waals surface area contributed by atoms with Gasteiger partial charge in [-0.25, -0.2) is 0 Å². The van der Waals surface area contributed by atoms with E-state index in [-0.39, 0.29) is 0 Å². The van der Waals surface area contributed by atoms with Crippen LogP contribution < -0.4 is 9.47 Å². The predicted molar refractivity (Wildman–Crippen MR) is 90.6 cm³/mol. The molecule has 0 N–H and O–H groups in total. The molecular formula is C19H25NO2. The average Bonchev–Trinajstić information content (AvgIpc) is 2.54. The van der Waals surface area contributed by atoms with Gasteiger partial charge in [-0.15, -0.1) is 0 Å². The van der Waals surface area contributed by atoms with E-state index in [1.807, 2.05) is 36.4 Å². The Morgan fingerprint density at radius 2 is 1.68 bits per heavy atom. The largest absolute Gasteiger partial charge is 0.497 e. The van der Waals surface area contributed by atoms with Crippen LogP contribution in [0.1, 0.15) is 17.5 Å². The molecule has 0 bridgehead atoms. The Hall–Kier alpha value is -2.00. The lowest BCUT2D eigenvalue weighted by Gasteiger charge is -2.10. The van der Waals surface area contributed by atoms with Gasteiger partial charge in [-0.1, -0.05) is 24.3 Å². The minimum absolute atomic E-state index is 0.553. The van der Waals surface area contributed by atoms with Gasteiger partial charge >= 0.3 is 0 Å². The van der Waals surface area contributed by atoms with E-state index < -0.39 is 0 Å². The molecule has 0 aliphatic heterocycles. The molecule has 0 fully saturated rings. The molecule has 2 aromatic carbocycles. The van der Waals surface area contributed by atoms with Crippen molar-refractivity contribution in [1.82, 2.24) is 4.90 Å². The topological polar surface area (TPSA) is 21.7 Å². The monoisotopic (exact) mass is 299 g/mol. The maximum absolute atomic E-state index is 5.83. The Bertz CT molecular complexity index is 564. The molecule has 0 atom stereocenters. The highest BCUT2D eigenvalue weighted by Crippen LogP contribution is 2.17. The van der Waals surface area contributed by atoms with Crippen LogP contribution in [0.25, 0.3) is 0 Å². The Labute approximate surface area is 133 Å². The van der Waals surface area contributed by atoms with Crippen LogP contribution in [-0.2, 0) is 13.0 Å². The van der Waals surface area contributed by atoms with Crippen LogP contribution in [0.4, 0.5) is 0 Å². The van der Waals surface area contributed by atoms with Crippen molar-refractivity contribution in [3.63, 3.8) is 0 Å². The Balaban J connectivity index is 1.83. The van der Waals surface area contributed by atoms with Crippen LogP contribution in [-0.4, -0.2) is 32.6 Å². The first kappa shape index (κ1) is 16.4. The first-order chi connectivity index (χ1) is 10.7. The summed E-state index contributed by atoms with van der Waals surface area (Å²) in [5.74, 6) is 1.76. The Morgan fingerprint density at radius 3 is 2.36 bits per heavy atom. The normalized spacial score (nSPS) is 10.7. The first-order valence-corrected chi connectivity index (χ1v) is 7.67. The Morgan fingerprint density at radius 1 is 0.909 bits per heavy atom. The van der Waals surface area contributed by atoms with E-state index in [9.17, 15) is 0 Å². The van der Waals surface area contributed by atoms with Gasteiger partial charge in [-0.05, 0) is 68.9 Å². The lowest BCUT2D eigenvalue weighted by Crippen LogP contribution is -2.13. The maximum atomic E-state index is 5.83. The van der Waals surface area contributed by atoms with Crippen molar-refractivity contribution in [2.45, 2.75) is 19.4 Å². The molecule has 0 amide bonds. The summed E-state index contributed by atoms with van der Waals surface area (Å²) < 4.78 is 11.0. The van der Waals surface area contributed by atoms with Crippen molar-refractivity contribution in [1.29, 1.82) is 0 Å². The molecule has 2 rings (SSSR count). The Kier molecular flexibility index (Phi) is 6.28. The van der Waals surface area contributed by atoms with E-state index in [1.165, 1.54) is 12.0 Å².